The number of hydrogen-bond donors (Lipinski definition) is 1. The molecule has 2 nitrogen and oxygen atoms in total. The molecule has 0 radical (unpaired) electrons. The molecule has 104 valence electrons. The molecule has 1 aliphatic rings. The van der Waals surface area contributed by atoms with Gasteiger partial charge in [-0.05, 0) is 42.7 Å². The van der Waals surface area contributed by atoms with Crippen LogP contribution in [0.2, 0.25) is 0 Å². The van der Waals surface area contributed by atoms with Crippen LogP contribution in [-0.4, -0.2) is 11.2 Å². The fraction of sp³-hybridized carbons (Fsp3) is 0.250. The van der Waals surface area contributed by atoms with E-state index in [0.717, 1.165) is 18.6 Å². The quantitative estimate of drug-likeness (QED) is 0.906. The predicted molar refractivity (Wildman–Crippen MR) is 78.3 cm³/mol. The van der Waals surface area contributed by atoms with Crippen LogP contribution in [0.4, 0.5) is 4.39 Å². The normalized spacial score (nSPS) is 15.9. The van der Waals surface area contributed by atoms with Gasteiger partial charge in [-0.25, -0.2) is 4.39 Å². The molecule has 1 unspecified atom stereocenters. The fourth-order valence-electron chi connectivity index (χ4n) is 2.04. The minimum atomic E-state index is -0.995. The SMILES string of the molecule is OC(c1cccc(OC2CC2)c1)c1ccc(Br)cc1F. The highest BCUT2D eigenvalue weighted by Gasteiger charge is 2.24. The van der Waals surface area contributed by atoms with Crippen LogP contribution in [0.25, 0.3) is 0 Å². The van der Waals surface area contributed by atoms with Gasteiger partial charge < -0.3 is 9.84 Å². The second-order valence-electron chi connectivity index (χ2n) is 4.96. The van der Waals surface area contributed by atoms with E-state index in [2.05, 4.69) is 15.9 Å². The topological polar surface area (TPSA) is 29.5 Å². The highest BCUT2D eigenvalue weighted by Crippen LogP contribution is 2.31. The molecule has 3 rings (SSSR count). The summed E-state index contributed by atoms with van der Waals surface area (Å²) in [6.07, 6.45) is 1.46. The summed E-state index contributed by atoms with van der Waals surface area (Å²) in [5, 5.41) is 10.3. The number of aliphatic hydroxyl groups is 1. The van der Waals surface area contributed by atoms with Crippen molar-refractivity contribution in [2.75, 3.05) is 0 Å². The summed E-state index contributed by atoms with van der Waals surface area (Å²) >= 11 is 3.21. The zero-order valence-corrected chi connectivity index (χ0v) is 12.3. The van der Waals surface area contributed by atoms with Crippen LogP contribution in [0.5, 0.6) is 5.75 Å². The van der Waals surface area contributed by atoms with Crippen molar-refractivity contribution >= 4 is 15.9 Å². The van der Waals surface area contributed by atoms with Gasteiger partial charge in [0.2, 0.25) is 0 Å². The molecule has 0 aliphatic heterocycles. The van der Waals surface area contributed by atoms with Gasteiger partial charge in [0.15, 0.2) is 0 Å². The van der Waals surface area contributed by atoms with Crippen molar-refractivity contribution in [2.45, 2.75) is 25.0 Å². The van der Waals surface area contributed by atoms with Gasteiger partial charge in [-0.2, -0.15) is 0 Å². The highest BCUT2D eigenvalue weighted by molar-refractivity contribution is 9.10. The standard InChI is InChI=1S/C16H14BrFO2/c17-11-4-7-14(15(18)9-11)16(19)10-2-1-3-13(8-10)20-12-5-6-12/h1-4,7-9,12,16,19H,5-6H2. The van der Waals surface area contributed by atoms with Crippen LogP contribution in [-0.2, 0) is 0 Å². The minimum Gasteiger partial charge on any atom is -0.490 e. The molecule has 1 atom stereocenters. The first-order valence-corrected chi connectivity index (χ1v) is 7.32. The Bertz CT molecular complexity index is 626. The summed E-state index contributed by atoms with van der Waals surface area (Å²) in [7, 11) is 0. The van der Waals surface area contributed by atoms with E-state index in [-0.39, 0.29) is 5.56 Å². The maximum atomic E-state index is 13.9. The van der Waals surface area contributed by atoms with E-state index in [1.54, 1.807) is 24.3 Å². The number of halogens is 2. The Balaban J connectivity index is 1.86. The summed E-state index contributed by atoms with van der Waals surface area (Å²) in [6.45, 7) is 0. The van der Waals surface area contributed by atoms with Crippen LogP contribution in [0.3, 0.4) is 0 Å². The van der Waals surface area contributed by atoms with Crippen LogP contribution in [0.1, 0.15) is 30.1 Å². The van der Waals surface area contributed by atoms with E-state index in [4.69, 9.17) is 4.74 Å². The van der Waals surface area contributed by atoms with Gasteiger partial charge in [0.25, 0.3) is 0 Å². The number of benzene rings is 2. The van der Waals surface area contributed by atoms with Gasteiger partial charge in [-0.15, -0.1) is 0 Å². The average Bonchev–Trinajstić information content (AvgIpc) is 3.22. The lowest BCUT2D eigenvalue weighted by Crippen LogP contribution is -2.03. The van der Waals surface area contributed by atoms with Crippen LogP contribution >= 0.6 is 15.9 Å². The van der Waals surface area contributed by atoms with Crippen molar-refractivity contribution in [3.05, 3.63) is 63.9 Å². The first-order chi connectivity index (χ1) is 9.63. The maximum Gasteiger partial charge on any atom is 0.130 e. The van der Waals surface area contributed by atoms with Crippen molar-refractivity contribution in [3.63, 3.8) is 0 Å². The Morgan fingerprint density at radius 3 is 2.70 bits per heavy atom. The lowest BCUT2D eigenvalue weighted by molar-refractivity contribution is 0.214. The summed E-state index contributed by atoms with van der Waals surface area (Å²) < 4.78 is 20.2. The molecule has 0 saturated heterocycles. The first-order valence-electron chi connectivity index (χ1n) is 6.53. The molecule has 2 aromatic rings. The van der Waals surface area contributed by atoms with Crippen molar-refractivity contribution < 1.29 is 14.2 Å². The third kappa shape index (κ3) is 3.02. The molecule has 1 fully saturated rings. The number of rotatable bonds is 4. The molecule has 1 aliphatic carbocycles. The molecule has 4 heteroatoms. The van der Waals surface area contributed by atoms with Crippen molar-refractivity contribution in [1.82, 2.24) is 0 Å². The fourth-order valence-corrected chi connectivity index (χ4v) is 2.37. The van der Waals surface area contributed by atoms with Crippen LogP contribution < -0.4 is 4.74 Å². The summed E-state index contributed by atoms with van der Waals surface area (Å²) in [5.41, 5.74) is 0.890. The molecular formula is C16H14BrFO2. The number of hydrogen-bond acceptors (Lipinski definition) is 2. The Labute approximate surface area is 125 Å². The number of aliphatic hydroxyl groups excluding tert-OH is 1. The van der Waals surface area contributed by atoms with E-state index in [0.29, 0.717) is 16.1 Å². The van der Waals surface area contributed by atoms with Gasteiger partial charge in [-0.3, -0.25) is 0 Å². The lowest BCUT2D eigenvalue weighted by Gasteiger charge is -2.14. The van der Waals surface area contributed by atoms with Crippen LogP contribution in [0, 0.1) is 5.82 Å². The molecule has 0 aromatic heterocycles. The molecule has 0 heterocycles. The minimum absolute atomic E-state index is 0.261. The zero-order chi connectivity index (χ0) is 14.1. The van der Waals surface area contributed by atoms with Gasteiger partial charge in [0.1, 0.15) is 17.7 Å². The number of ether oxygens (including phenoxy) is 1. The predicted octanol–water partition coefficient (Wildman–Crippen LogP) is 4.21. The Morgan fingerprint density at radius 1 is 1.20 bits per heavy atom. The summed E-state index contributed by atoms with van der Waals surface area (Å²) in [4.78, 5) is 0. The molecule has 1 N–H and O–H groups in total. The zero-order valence-electron chi connectivity index (χ0n) is 10.7. The molecule has 2 aromatic carbocycles. The Kier molecular flexibility index (Phi) is 3.76. The molecule has 20 heavy (non-hydrogen) atoms. The van der Waals surface area contributed by atoms with E-state index in [1.807, 2.05) is 12.1 Å². The molecular weight excluding hydrogens is 323 g/mol. The van der Waals surface area contributed by atoms with Gasteiger partial charge >= 0.3 is 0 Å². The third-order valence-corrected chi connectivity index (χ3v) is 3.75. The Hall–Kier alpha value is -1.39. The van der Waals surface area contributed by atoms with Crippen molar-refractivity contribution in [2.24, 2.45) is 0 Å². The smallest absolute Gasteiger partial charge is 0.130 e. The van der Waals surface area contributed by atoms with Crippen LogP contribution in [0.15, 0.2) is 46.9 Å². The van der Waals surface area contributed by atoms with Crippen molar-refractivity contribution in [3.8, 4) is 5.75 Å². The Morgan fingerprint density at radius 2 is 2.00 bits per heavy atom. The van der Waals surface area contributed by atoms with E-state index in [1.165, 1.54) is 6.07 Å². The summed E-state index contributed by atoms with van der Waals surface area (Å²) in [5.74, 6) is 0.293. The second kappa shape index (κ2) is 5.54. The molecule has 0 bridgehead atoms. The molecule has 0 spiro atoms. The van der Waals surface area contributed by atoms with E-state index < -0.39 is 11.9 Å². The van der Waals surface area contributed by atoms with E-state index in [9.17, 15) is 9.50 Å². The average molecular weight is 337 g/mol. The van der Waals surface area contributed by atoms with Gasteiger partial charge in [0.05, 0.1) is 6.10 Å². The van der Waals surface area contributed by atoms with E-state index >= 15 is 0 Å². The summed E-state index contributed by atoms with van der Waals surface area (Å²) in [6, 6.07) is 11.9. The van der Waals surface area contributed by atoms with Crippen molar-refractivity contribution in [1.29, 1.82) is 0 Å². The second-order valence-corrected chi connectivity index (χ2v) is 5.87. The first kappa shape index (κ1) is 13.6. The monoisotopic (exact) mass is 336 g/mol. The van der Waals surface area contributed by atoms with Gasteiger partial charge in [-0.1, -0.05) is 34.1 Å². The van der Waals surface area contributed by atoms with Gasteiger partial charge in [0, 0.05) is 10.0 Å². The largest absolute Gasteiger partial charge is 0.490 e. The highest BCUT2D eigenvalue weighted by atomic mass is 79.9. The molecule has 0 amide bonds. The maximum absolute atomic E-state index is 13.9. The lowest BCUT2D eigenvalue weighted by atomic mass is 10.0. The molecule has 1 saturated carbocycles. The third-order valence-electron chi connectivity index (χ3n) is 3.26.